The number of nitrogens with zero attached hydrogens (tertiary/aromatic N) is 1. The summed E-state index contributed by atoms with van der Waals surface area (Å²) in [6.07, 6.45) is 0.0405. The quantitative estimate of drug-likeness (QED) is 0.684. The molecule has 2 aromatic carbocycles. The van der Waals surface area contributed by atoms with Crippen molar-refractivity contribution >= 4 is 41.0 Å². The summed E-state index contributed by atoms with van der Waals surface area (Å²) in [5, 5.41) is 12.8. The van der Waals surface area contributed by atoms with E-state index >= 15 is 0 Å². The van der Waals surface area contributed by atoms with Gasteiger partial charge in [0.15, 0.2) is 5.79 Å². The van der Waals surface area contributed by atoms with Gasteiger partial charge in [0.1, 0.15) is 6.04 Å². The second kappa shape index (κ2) is 9.07. The molecule has 2 saturated heterocycles. The summed E-state index contributed by atoms with van der Waals surface area (Å²) in [6, 6.07) is 11.1. The van der Waals surface area contributed by atoms with Crippen LogP contribution in [0, 0.1) is 0 Å². The third kappa shape index (κ3) is 4.59. The Bertz CT molecular complexity index is 1070. The fraction of sp³-hybridized carbons (Fsp3) is 0.318. The number of amides is 2. The van der Waals surface area contributed by atoms with Gasteiger partial charge in [-0.05, 0) is 35.4 Å². The molecule has 0 unspecified atom stereocenters. The number of ether oxygens (including phenoxy) is 2. The SMILES string of the molecule is O=C(NCC(=O)N1CC2(C[C@H]1C(=O)O)OCCO2)c1ccc(-c2cccc(Cl)c2)cc1Cl. The second-order valence-corrected chi connectivity index (χ2v) is 8.42. The van der Waals surface area contributed by atoms with Crippen molar-refractivity contribution in [1.29, 1.82) is 0 Å². The zero-order valence-corrected chi connectivity index (χ0v) is 18.4. The van der Waals surface area contributed by atoms with Crippen LogP contribution in [-0.4, -0.2) is 65.9 Å². The van der Waals surface area contributed by atoms with Crippen LogP contribution in [0.25, 0.3) is 11.1 Å². The Balaban J connectivity index is 1.42. The van der Waals surface area contributed by atoms with Gasteiger partial charge in [-0.15, -0.1) is 0 Å². The Hall–Kier alpha value is -2.65. The molecule has 2 heterocycles. The van der Waals surface area contributed by atoms with E-state index in [1.165, 1.54) is 0 Å². The summed E-state index contributed by atoms with van der Waals surface area (Å²) in [5.41, 5.74) is 1.83. The lowest BCUT2D eigenvalue weighted by Crippen LogP contribution is -2.46. The standard InChI is InChI=1S/C22H20Cl2N2O6/c23-15-3-1-2-13(8-15)14-4-5-16(17(24)9-14)20(28)25-11-19(27)26-12-22(31-6-7-32-22)10-18(26)21(29)30/h1-5,8-9,18H,6-7,10-12H2,(H,25,28)(H,29,30)/t18-/m0/s1. The average molecular weight is 479 g/mol. The number of carbonyl (C=O) groups is 3. The fourth-order valence-corrected chi connectivity index (χ4v) is 4.38. The molecular weight excluding hydrogens is 459 g/mol. The number of carboxylic acids is 1. The van der Waals surface area contributed by atoms with Crippen molar-refractivity contribution in [3.05, 3.63) is 58.1 Å². The number of likely N-dealkylation sites (tertiary alicyclic amines) is 1. The minimum atomic E-state index is -1.15. The lowest BCUT2D eigenvalue weighted by atomic mass is 10.0. The molecule has 0 saturated carbocycles. The van der Waals surface area contributed by atoms with E-state index in [4.69, 9.17) is 32.7 Å². The maximum atomic E-state index is 12.7. The Morgan fingerprint density at radius 2 is 1.81 bits per heavy atom. The summed E-state index contributed by atoms with van der Waals surface area (Å²) in [6.45, 7) is 0.294. The van der Waals surface area contributed by atoms with E-state index in [0.717, 1.165) is 16.0 Å². The maximum absolute atomic E-state index is 12.7. The Labute approximate surface area is 194 Å². The summed E-state index contributed by atoms with van der Waals surface area (Å²) in [5.74, 6) is -3.34. The van der Waals surface area contributed by atoms with Crippen molar-refractivity contribution in [2.75, 3.05) is 26.3 Å². The van der Waals surface area contributed by atoms with Crippen LogP contribution >= 0.6 is 23.2 Å². The number of rotatable bonds is 5. The van der Waals surface area contributed by atoms with E-state index < -0.39 is 29.6 Å². The second-order valence-electron chi connectivity index (χ2n) is 7.58. The number of hydrogen-bond donors (Lipinski definition) is 2. The minimum Gasteiger partial charge on any atom is -0.480 e. The molecule has 0 bridgehead atoms. The molecule has 2 amide bonds. The van der Waals surface area contributed by atoms with Crippen molar-refractivity contribution in [1.82, 2.24) is 10.2 Å². The van der Waals surface area contributed by atoms with Crippen molar-refractivity contribution in [3.63, 3.8) is 0 Å². The lowest BCUT2D eigenvalue weighted by Gasteiger charge is -2.23. The van der Waals surface area contributed by atoms with Gasteiger partial charge < -0.3 is 24.8 Å². The van der Waals surface area contributed by atoms with Crippen molar-refractivity contribution in [2.24, 2.45) is 0 Å². The molecule has 1 atom stereocenters. The van der Waals surface area contributed by atoms with Gasteiger partial charge in [0.25, 0.3) is 5.91 Å². The predicted octanol–water partition coefficient (Wildman–Crippen LogP) is 2.82. The topological polar surface area (TPSA) is 105 Å². The number of halogens is 2. The van der Waals surface area contributed by atoms with Gasteiger partial charge >= 0.3 is 5.97 Å². The van der Waals surface area contributed by atoms with Crippen molar-refractivity contribution in [2.45, 2.75) is 18.2 Å². The Morgan fingerprint density at radius 3 is 2.47 bits per heavy atom. The average Bonchev–Trinajstić information content (AvgIpc) is 3.39. The molecule has 32 heavy (non-hydrogen) atoms. The molecule has 1 spiro atoms. The van der Waals surface area contributed by atoms with E-state index in [2.05, 4.69) is 5.32 Å². The van der Waals surface area contributed by atoms with E-state index in [0.29, 0.717) is 18.2 Å². The first-order valence-corrected chi connectivity index (χ1v) is 10.7. The molecule has 0 radical (unpaired) electrons. The largest absolute Gasteiger partial charge is 0.480 e. The highest BCUT2D eigenvalue weighted by Crippen LogP contribution is 2.35. The molecule has 8 nitrogen and oxygen atoms in total. The van der Waals surface area contributed by atoms with Gasteiger partial charge in [-0.3, -0.25) is 9.59 Å². The normalized spacial score (nSPS) is 19.3. The van der Waals surface area contributed by atoms with E-state index in [9.17, 15) is 19.5 Å². The first-order chi connectivity index (χ1) is 15.3. The minimum absolute atomic E-state index is 0.00619. The zero-order valence-electron chi connectivity index (χ0n) is 16.8. The van der Waals surface area contributed by atoms with Crippen LogP contribution in [-0.2, 0) is 19.1 Å². The van der Waals surface area contributed by atoms with Gasteiger partial charge in [-0.1, -0.05) is 41.4 Å². The first-order valence-electron chi connectivity index (χ1n) is 9.92. The molecule has 2 aliphatic rings. The van der Waals surface area contributed by atoms with Gasteiger partial charge in [0.05, 0.1) is 36.9 Å². The van der Waals surface area contributed by atoms with Crippen LogP contribution in [0.3, 0.4) is 0 Å². The molecular formula is C22H20Cl2N2O6. The summed E-state index contributed by atoms with van der Waals surface area (Å²) in [4.78, 5) is 38.1. The predicted molar refractivity (Wildman–Crippen MR) is 117 cm³/mol. The van der Waals surface area contributed by atoms with E-state index in [1.807, 2.05) is 12.1 Å². The molecule has 4 rings (SSSR count). The first kappa shape index (κ1) is 22.5. The highest BCUT2D eigenvalue weighted by atomic mass is 35.5. The van der Waals surface area contributed by atoms with Crippen LogP contribution in [0.1, 0.15) is 16.8 Å². The lowest BCUT2D eigenvalue weighted by molar-refractivity contribution is -0.152. The van der Waals surface area contributed by atoms with Crippen LogP contribution < -0.4 is 5.32 Å². The summed E-state index contributed by atoms with van der Waals surface area (Å²) in [7, 11) is 0. The number of aliphatic carboxylic acids is 1. The number of hydrogen-bond acceptors (Lipinski definition) is 5. The Kier molecular flexibility index (Phi) is 6.39. The summed E-state index contributed by atoms with van der Waals surface area (Å²) >= 11 is 12.3. The van der Waals surface area contributed by atoms with Crippen LogP contribution in [0.15, 0.2) is 42.5 Å². The molecule has 2 aromatic rings. The highest BCUT2D eigenvalue weighted by molar-refractivity contribution is 6.34. The number of benzene rings is 2. The molecule has 168 valence electrons. The maximum Gasteiger partial charge on any atom is 0.326 e. The number of carboxylic acid groups (broad SMARTS) is 1. The molecule has 0 aliphatic carbocycles. The third-order valence-corrected chi connectivity index (χ3v) is 6.03. The highest BCUT2D eigenvalue weighted by Gasteiger charge is 2.52. The number of carbonyl (C=O) groups excluding carboxylic acids is 2. The fourth-order valence-electron chi connectivity index (χ4n) is 3.93. The van der Waals surface area contributed by atoms with Crippen LogP contribution in [0.5, 0.6) is 0 Å². The third-order valence-electron chi connectivity index (χ3n) is 5.48. The van der Waals surface area contributed by atoms with Gasteiger partial charge in [-0.2, -0.15) is 0 Å². The van der Waals surface area contributed by atoms with E-state index in [-0.39, 0.29) is 30.1 Å². The molecule has 2 fully saturated rings. The van der Waals surface area contributed by atoms with Crippen molar-refractivity contribution in [3.8, 4) is 11.1 Å². The Morgan fingerprint density at radius 1 is 1.09 bits per heavy atom. The molecule has 10 heteroatoms. The molecule has 0 aromatic heterocycles. The smallest absolute Gasteiger partial charge is 0.326 e. The zero-order chi connectivity index (χ0) is 22.9. The van der Waals surface area contributed by atoms with Crippen molar-refractivity contribution < 1.29 is 29.0 Å². The monoisotopic (exact) mass is 478 g/mol. The van der Waals surface area contributed by atoms with Crippen LogP contribution in [0.2, 0.25) is 10.0 Å². The number of nitrogens with one attached hydrogen (secondary N) is 1. The molecule has 2 aliphatic heterocycles. The van der Waals surface area contributed by atoms with E-state index in [1.54, 1.807) is 30.3 Å². The summed E-state index contributed by atoms with van der Waals surface area (Å²) < 4.78 is 11.1. The van der Waals surface area contributed by atoms with Crippen LogP contribution in [0.4, 0.5) is 0 Å². The van der Waals surface area contributed by atoms with Gasteiger partial charge in [0, 0.05) is 11.4 Å². The van der Waals surface area contributed by atoms with Gasteiger partial charge in [-0.25, -0.2) is 4.79 Å². The molecule has 2 N–H and O–H groups in total. The van der Waals surface area contributed by atoms with Gasteiger partial charge in [0.2, 0.25) is 5.91 Å².